The normalized spacial score (nSPS) is 10.4. The zero-order valence-corrected chi connectivity index (χ0v) is 12.1. The lowest BCUT2D eigenvalue weighted by Gasteiger charge is -2.11. The number of hydrogen-bond acceptors (Lipinski definition) is 5. The molecule has 0 unspecified atom stereocenters. The van der Waals surface area contributed by atoms with Gasteiger partial charge in [0.25, 0.3) is 0 Å². The summed E-state index contributed by atoms with van der Waals surface area (Å²) in [6, 6.07) is 6.87. The lowest BCUT2D eigenvalue weighted by Crippen LogP contribution is -2.12. The highest BCUT2D eigenvalue weighted by molar-refractivity contribution is 5.93. The van der Waals surface area contributed by atoms with Crippen LogP contribution in [0.2, 0.25) is 0 Å². The molecule has 2 aromatic rings. The Labute approximate surface area is 122 Å². The molecule has 2 rings (SSSR count). The molecule has 0 fully saturated rings. The van der Waals surface area contributed by atoms with E-state index in [-0.39, 0.29) is 18.1 Å². The van der Waals surface area contributed by atoms with Gasteiger partial charge in [-0.05, 0) is 38.1 Å². The van der Waals surface area contributed by atoms with Gasteiger partial charge in [-0.15, -0.1) is 0 Å². The Kier molecular flexibility index (Phi) is 4.07. The van der Waals surface area contributed by atoms with Crippen molar-refractivity contribution in [2.45, 2.75) is 13.8 Å². The molecule has 0 atom stereocenters. The number of nitrogens with zero attached hydrogens (tertiary/aromatic N) is 1. The summed E-state index contributed by atoms with van der Waals surface area (Å²) in [5, 5.41) is 19.8. The van der Waals surface area contributed by atoms with E-state index in [4.69, 9.17) is 9.47 Å². The Morgan fingerprint density at radius 3 is 2.33 bits per heavy atom. The molecule has 1 aromatic carbocycles. The fourth-order valence-corrected chi connectivity index (χ4v) is 2.10. The van der Waals surface area contributed by atoms with Crippen molar-refractivity contribution in [3.05, 3.63) is 35.7 Å². The first-order valence-electron chi connectivity index (χ1n) is 6.46. The van der Waals surface area contributed by atoms with Crippen LogP contribution in [0.3, 0.4) is 0 Å². The van der Waals surface area contributed by atoms with E-state index < -0.39 is 11.7 Å². The highest BCUT2D eigenvalue weighted by Gasteiger charge is 2.26. The number of benzene rings is 1. The van der Waals surface area contributed by atoms with Gasteiger partial charge in [0.1, 0.15) is 5.75 Å². The van der Waals surface area contributed by atoms with Crippen LogP contribution in [0.4, 0.5) is 0 Å². The van der Waals surface area contributed by atoms with Gasteiger partial charge in [0, 0.05) is 5.69 Å². The summed E-state index contributed by atoms with van der Waals surface area (Å²) < 4.78 is 11.5. The van der Waals surface area contributed by atoms with Crippen molar-refractivity contribution in [3.8, 4) is 22.9 Å². The number of carbonyl (C=O) groups excluding carboxylic acids is 1. The number of carbonyl (C=O) groups is 1. The third-order valence-electron chi connectivity index (χ3n) is 3.15. The second-order valence-electron chi connectivity index (χ2n) is 4.39. The molecule has 1 heterocycles. The predicted octanol–water partition coefficient (Wildman–Crippen LogP) is 2.38. The number of hydrogen-bond donors (Lipinski definition) is 2. The van der Waals surface area contributed by atoms with E-state index in [0.717, 1.165) is 0 Å². The molecule has 0 aliphatic heterocycles. The Balaban J connectivity index is 2.60. The Hall–Kier alpha value is -2.63. The minimum Gasteiger partial charge on any atom is -0.503 e. The number of aromatic hydroxyl groups is 2. The van der Waals surface area contributed by atoms with Gasteiger partial charge in [0.05, 0.1) is 19.4 Å². The van der Waals surface area contributed by atoms with E-state index >= 15 is 0 Å². The van der Waals surface area contributed by atoms with E-state index in [0.29, 0.717) is 17.1 Å². The van der Waals surface area contributed by atoms with Crippen molar-refractivity contribution in [2.24, 2.45) is 0 Å². The first-order chi connectivity index (χ1) is 10.0. The third kappa shape index (κ3) is 2.52. The van der Waals surface area contributed by atoms with Gasteiger partial charge in [-0.1, -0.05) is 0 Å². The summed E-state index contributed by atoms with van der Waals surface area (Å²) in [4.78, 5) is 12.0. The molecule has 0 radical (unpaired) electrons. The summed E-state index contributed by atoms with van der Waals surface area (Å²) >= 11 is 0. The fourth-order valence-electron chi connectivity index (χ4n) is 2.10. The Morgan fingerprint density at radius 2 is 1.81 bits per heavy atom. The number of rotatable bonds is 4. The van der Waals surface area contributed by atoms with E-state index in [1.54, 1.807) is 45.2 Å². The first kappa shape index (κ1) is 14.8. The van der Waals surface area contributed by atoms with Crippen LogP contribution in [0.1, 0.15) is 23.1 Å². The molecule has 2 N–H and O–H groups in total. The molecule has 0 spiro atoms. The minimum atomic E-state index is -0.700. The molecule has 0 saturated heterocycles. The van der Waals surface area contributed by atoms with Crippen molar-refractivity contribution >= 4 is 5.97 Å². The maximum absolute atomic E-state index is 12.0. The van der Waals surface area contributed by atoms with Gasteiger partial charge < -0.3 is 24.3 Å². The average Bonchev–Trinajstić information content (AvgIpc) is 2.72. The zero-order valence-electron chi connectivity index (χ0n) is 12.1. The molecule has 1 aromatic heterocycles. The van der Waals surface area contributed by atoms with Gasteiger partial charge in [-0.2, -0.15) is 0 Å². The highest BCUT2D eigenvalue weighted by Crippen LogP contribution is 2.38. The molecule has 6 nitrogen and oxygen atoms in total. The molecular formula is C15H17NO5. The van der Waals surface area contributed by atoms with E-state index in [1.165, 1.54) is 4.57 Å². The topological polar surface area (TPSA) is 80.9 Å². The van der Waals surface area contributed by atoms with Crippen LogP contribution in [0, 0.1) is 6.92 Å². The SMILES string of the molecule is CCOC(=O)c1c(O)c(O)c(C)n1-c1ccc(OC)cc1. The van der Waals surface area contributed by atoms with Gasteiger partial charge in [-0.3, -0.25) is 0 Å². The lowest BCUT2D eigenvalue weighted by molar-refractivity contribution is 0.0513. The summed E-state index contributed by atoms with van der Waals surface area (Å²) in [5.74, 6) is -0.862. The molecule has 0 bridgehead atoms. The minimum absolute atomic E-state index is 0.1000. The molecule has 21 heavy (non-hydrogen) atoms. The number of esters is 1. The van der Waals surface area contributed by atoms with Gasteiger partial charge in [0.2, 0.25) is 0 Å². The van der Waals surface area contributed by atoms with Crippen molar-refractivity contribution in [1.82, 2.24) is 4.57 Å². The lowest BCUT2D eigenvalue weighted by atomic mass is 10.3. The number of methoxy groups -OCH3 is 1. The predicted molar refractivity (Wildman–Crippen MR) is 76.3 cm³/mol. The monoisotopic (exact) mass is 291 g/mol. The van der Waals surface area contributed by atoms with Crippen molar-refractivity contribution in [1.29, 1.82) is 0 Å². The highest BCUT2D eigenvalue weighted by atomic mass is 16.5. The van der Waals surface area contributed by atoms with Crippen LogP contribution in [0.25, 0.3) is 5.69 Å². The van der Waals surface area contributed by atoms with Crippen molar-refractivity contribution < 1.29 is 24.5 Å². The second kappa shape index (κ2) is 5.78. The average molecular weight is 291 g/mol. The number of ether oxygens (including phenoxy) is 2. The summed E-state index contributed by atoms with van der Waals surface area (Å²) in [6.45, 7) is 3.44. The summed E-state index contributed by atoms with van der Waals surface area (Å²) in [5.41, 5.74) is 0.852. The standard InChI is InChI=1S/C15H17NO5/c1-4-21-15(19)12-14(18)13(17)9(2)16(12)10-5-7-11(20-3)8-6-10/h5-8,17-18H,4H2,1-3H3. The van der Waals surface area contributed by atoms with Crippen LogP contribution in [-0.4, -0.2) is 34.5 Å². The molecule has 6 heteroatoms. The van der Waals surface area contributed by atoms with E-state index in [1.807, 2.05) is 0 Å². The van der Waals surface area contributed by atoms with Gasteiger partial charge >= 0.3 is 5.97 Å². The smallest absolute Gasteiger partial charge is 0.359 e. The van der Waals surface area contributed by atoms with Gasteiger partial charge in [-0.25, -0.2) is 4.79 Å². The molecule has 0 aliphatic carbocycles. The second-order valence-corrected chi connectivity index (χ2v) is 4.39. The Bertz CT molecular complexity index is 658. The van der Waals surface area contributed by atoms with E-state index in [2.05, 4.69) is 0 Å². The molecule has 0 saturated carbocycles. The van der Waals surface area contributed by atoms with Crippen molar-refractivity contribution in [3.63, 3.8) is 0 Å². The molecule has 112 valence electrons. The van der Waals surface area contributed by atoms with Crippen molar-refractivity contribution in [2.75, 3.05) is 13.7 Å². The Morgan fingerprint density at radius 1 is 1.19 bits per heavy atom. The van der Waals surface area contributed by atoms with Crippen LogP contribution in [0.5, 0.6) is 17.2 Å². The zero-order chi connectivity index (χ0) is 15.6. The molecule has 0 aliphatic rings. The first-order valence-corrected chi connectivity index (χ1v) is 6.46. The van der Waals surface area contributed by atoms with Crippen LogP contribution in [-0.2, 0) is 4.74 Å². The maximum atomic E-state index is 12.0. The van der Waals surface area contributed by atoms with Crippen LogP contribution >= 0.6 is 0 Å². The quantitative estimate of drug-likeness (QED) is 0.845. The molecular weight excluding hydrogens is 274 g/mol. The van der Waals surface area contributed by atoms with Gasteiger partial charge in [0.15, 0.2) is 17.2 Å². The van der Waals surface area contributed by atoms with E-state index in [9.17, 15) is 15.0 Å². The summed E-state index contributed by atoms with van der Waals surface area (Å²) in [7, 11) is 1.55. The van der Waals surface area contributed by atoms with Crippen LogP contribution in [0.15, 0.2) is 24.3 Å². The third-order valence-corrected chi connectivity index (χ3v) is 3.15. The largest absolute Gasteiger partial charge is 0.503 e. The van der Waals surface area contributed by atoms with Crippen LogP contribution < -0.4 is 4.74 Å². The summed E-state index contributed by atoms with van der Waals surface area (Å²) in [6.07, 6.45) is 0. The fraction of sp³-hybridized carbons (Fsp3) is 0.267. The maximum Gasteiger partial charge on any atom is 0.359 e. The number of aromatic nitrogens is 1. The molecule has 0 amide bonds.